The largest absolute Gasteiger partial charge is 0.495 e. The van der Waals surface area contributed by atoms with E-state index in [1.165, 1.54) is 0 Å². The van der Waals surface area contributed by atoms with Gasteiger partial charge in [0.1, 0.15) is 5.75 Å². The molecule has 1 aromatic rings. The van der Waals surface area contributed by atoms with Crippen LogP contribution in [-0.4, -0.2) is 19.7 Å². The minimum atomic E-state index is -0.364. The number of methoxy groups -OCH3 is 1. The van der Waals surface area contributed by atoms with Gasteiger partial charge in [0.25, 0.3) is 0 Å². The predicted octanol–water partition coefficient (Wildman–Crippen LogP) is 2.65. The number of nitrogens with one attached hydrogen (secondary N) is 1. The van der Waals surface area contributed by atoms with Gasteiger partial charge in [-0.25, -0.2) is 0 Å². The zero-order valence-corrected chi connectivity index (χ0v) is 11.9. The van der Waals surface area contributed by atoms with Crippen LogP contribution in [0.5, 0.6) is 5.75 Å². The maximum Gasteiger partial charge on any atom is 0.137 e. The molecule has 0 aromatic heterocycles. The first-order chi connectivity index (χ1) is 7.81. The molecule has 3 N–H and O–H groups in total. The number of benzene rings is 1. The van der Waals surface area contributed by atoms with E-state index in [0.29, 0.717) is 10.8 Å². The maximum atomic E-state index is 6.17. The molecule has 17 heavy (non-hydrogen) atoms. The van der Waals surface area contributed by atoms with Crippen LogP contribution in [0.15, 0.2) is 12.1 Å². The second-order valence-electron chi connectivity index (χ2n) is 4.89. The lowest BCUT2D eigenvalue weighted by Crippen LogP contribution is -2.45. The number of halogens is 1. The highest BCUT2D eigenvalue weighted by atomic mass is 35.5. The molecular weight excluding hydrogens is 236 g/mol. The third-order valence-electron chi connectivity index (χ3n) is 2.88. The Kier molecular flexibility index (Phi) is 4.42. The van der Waals surface area contributed by atoms with Crippen LogP contribution in [0.1, 0.15) is 31.0 Å². The molecule has 0 spiro atoms. The molecule has 0 bridgehead atoms. The number of hydrogen-bond donors (Lipinski definition) is 2. The van der Waals surface area contributed by atoms with Gasteiger partial charge in [-0.05, 0) is 51.1 Å². The number of rotatable bonds is 4. The molecule has 0 fully saturated rings. The molecule has 0 aliphatic carbocycles. The van der Waals surface area contributed by atoms with E-state index in [9.17, 15) is 0 Å². The highest BCUT2D eigenvalue weighted by Gasteiger charge is 2.27. The molecule has 3 nitrogen and oxygen atoms in total. The van der Waals surface area contributed by atoms with Crippen LogP contribution < -0.4 is 15.8 Å². The van der Waals surface area contributed by atoms with Crippen molar-refractivity contribution in [3.63, 3.8) is 0 Å². The molecule has 1 atom stereocenters. The number of ether oxygens (including phenoxy) is 1. The second-order valence-corrected chi connectivity index (χ2v) is 5.29. The van der Waals surface area contributed by atoms with Gasteiger partial charge in [0.05, 0.1) is 12.1 Å². The molecule has 0 saturated carbocycles. The Hall–Kier alpha value is -0.770. The van der Waals surface area contributed by atoms with E-state index in [4.69, 9.17) is 22.1 Å². The van der Waals surface area contributed by atoms with Crippen LogP contribution in [0.3, 0.4) is 0 Å². The van der Waals surface area contributed by atoms with Crippen molar-refractivity contribution in [2.24, 2.45) is 5.73 Å². The van der Waals surface area contributed by atoms with Crippen molar-refractivity contribution in [1.82, 2.24) is 5.32 Å². The van der Waals surface area contributed by atoms with E-state index in [-0.39, 0.29) is 11.6 Å². The van der Waals surface area contributed by atoms with E-state index in [1.807, 2.05) is 40.0 Å². The lowest BCUT2D eigenvalue weighted by Gasteiger charge is -2.32. The van der Waals surface area contributed by atoms with Gasteiger partial charge in [-0.3, -0.25) is 0 Å². The SMILES string of the molecule is CNC(c1cc(Cl)c(OC)cc1C)C(C)(C)N. The van der Waals surface area contributed by atoms with Gasteiger partial charge >= 0.3 is 0 Å². The molecule has 1 rings (SSSR count). The zero-order chi connectivity index (χ0) is 13.2. The summed E-state index contributed by atoms with van der Waals surface area (Å²) in [6.07, 6.45) is 0. The van der Waals surface area contributed by atoms with E-state index in [1.54, 1.807) is 7.11 Å². The van der Waals surface area contributed by atoms with Crippen LogP contribution in [0.25, 0.3) is 0 Å². The third kappa shape index (κ3) is 3.12. The Labute approximate surface area is 108 Å². The Morgan fingerprint density at radius 3 is 2.41 bits per heavy atom. The summed E-state index contributed by atoms with van der Waals surface area (Å²) in [6.45, 7) is 6.02. The number of nitrogens with two attached hydrogens (primary N) is 1. The number of aryl methyl sites for hydroxylation is 1. The smallest absolute Gasteiger partial charge is 0.137 e. The summed E-state index contributed by atoms with van der Waals surface area (Å²) < 4.78 is 5.20. The number of hydrogen-bond acceptors (Lipinski definition) is 3. The summed E-state index contributed by atoms with van der Waals surface area (Å²) in [5, 5.41) is 3.85. The summed E-state index contributed by atoms with van der Waals surface area (Å²) >= 11 is 6.16. The van der Waals surface area contributed by atoms with Crippen molar-refractivity contribution < 1.29 is 4.74 Å². The van der Waals surface area contributed by atoms with Crippen molar-refractivity contribution in [1.29, 1.82) is 0 Å². The summed E-state index contributed by atoms with van der Waals surface area (Å²) in [6, 6.07) is 3.91. The average molecular weight is 257 g/mol. The predicted molar refractivity (Wildman–Crippen MR) is 72.8 cm³/mol. The second kappa shape index (κ2) is 5.25. The minimum absolute atomic E-state index is 0.0471. The first kappa shape index (κ1) is 14.3. The van der Waals surface area contributed by atoms with Gasteiger partial charge in [0, 0.05) is 11.6 Å². The molecular formula is C13H21ClN2O. The topological polar surface area (TPSA) is 47.3 Å². The molecule has 96 valence electrons. The van der Waals surface area contributed by atoms with Gasteiger partial charge in [0.15, 0.2) is 0 Å². The van der Waals surface area contributed by atoms with Gasteiger partial charge < -0.3 is 15.8 Å². The highest BCUT2D eigenvalue weighted by Crippen LogP contribution is 2.33. The maximum absolute atomic E-state index is 6.17. The quantitative estimate of drug-likeness (QED) is 0.871. The zero-order valence-electron chi connectivity index (χ0n) is 11.1. The van der Waals surface area contributed by atoms with E-state index >= 15 is 0 Å². The highest BCUT2D eigenvalue weighted by molar-refractivity contribution is 6.32. The summed E-state index contributed by atoms with van der Waals surface area (Å²) in [7, 11) is 3.51. The Morgan fingerprint density at radius 2 is 2.00 bits per heavy atom. The Bertz CT molecular complexity index is 399. The van der Waals surface area contributed by atoms with Crippen molar-refractivity contribution in [2.75, 3.05) is 14.2 Å². The van der Waals surface area contributed by atoms with E-state index < -0.39 is 0 Å². The minimum Gasteiger partial charge on any atom is -0.495 e. The average Bonchev–Trinajstić information content (AvgIpc) is 2.21. The van der Waals surface area contributed by atoms with E-state index in [2.05, 4.69) is 5.32 Å². The van der Waals surface area contributed by atoms with Crippen molar-refractivity contribution in [2.45, 2.75) is 32.4 Å². The van der Waals surface area contributed by atoms with Gasteiger partial charge in [-0.15, -0.1) is 0 Å². The Balaban J connectivity index is 3.26. The third-order valence-corrected chi connectivity index (χ3v) is 3.18. The monoisotopic (exact) mass is 256 g/mol. The fraction of sp³-hybridized carbons (Fsp3) is 0.538. The summed E-state index contributed by atoms with van der Waals surface area (Å²) in [4.78, 5) is 0. The van der Waals surface area contributed by atoms with Crippen molar-refractivity contribution in [3.8, 4) is 5.75 Å². The van der Waals surface area contributed by atoms with Gasteiger partial charge in [-0.1, -0.05) is 11.6 Å². The molecule has 0 radical (unpaired) electrons. The van der Waals surface area contributed by atoms with Crippen LogP contribution in [0, 0.1) is 6.92 Å². The fourth-order valence-electron chi connectivity index (χ4n) is 2.07. The summed E-state index contributed by atoms with van der Waals surface area (Å²) in [5.41, 5.74) is 8.03. The van der Waals surface area contributed by atoms with Crippen LogP contribution >= 0.6 is 11.6 Å². The molecule has 1 aromatic carbocycles. The van der Waals surface area contributed by atoms with Gasteiger partial charge in [-0.2, -0.15) is 0 Å². The van der Waals surface area contributed by atoms with E-state index in [0.717, 1.165) is 11.1 Å². The standard InChI is InChI=1S/C13H21ClN2O/c1-8-6-11(17-5)10(14)7-9(8)12(16-4)13(2,3)15/h6-7,12,16H,15H2,1-5H3. The Morgan fingerprint density at radius 1 is 1.41 bits per heavy atom. The molecule has 1 unspecified atom stereocenters. The van der Waals surface area contributed by atoms with Crippen LogP contribution in [-0.2, 0) is 0 Å². The molecule has 0 heterocycles. The fourth-order valence-corrected chi connectivity index (χ4v) is 2.32. The lowest BCUT2D eigenvalue weighted by atomic mass is 9.87. The van der Waals surface area contributed by atoms with Crippen LogP contribution in [0.4, 0.5) is 0 Å². The number of likely N-dealkylation sites (N-methyl/N-ethyl adjacent to an activating group) is 1. The molecule has 4 heteroatoms. The molecule has 0 aliphatic heterocycles. The normalized spacial score (nSPS) is 13.6. The molecule has 0 amide bonds. The first-order valence-electron chi connectivity index (χ1n) is 5.61. The van der Waals surface area contributed by atoms with Gasteiger partial charge in [0.2, 0.25) is 0 Å². The first-order valence-corrected chi connectivity index (χ1v) is 5.99. The van der Waals surface area contributed by atoms with Crippen molar-refractivity contribution >= 4 is 11.6 Å². The summed E-state index contributed by atoms with van der Waals surface area (Å²) in [5.74, 6) is 0.692. The molecule has 0 saturated heterocycles. The lowest BCUT2D eigenvalue weighted by molar-refractivity contribution is 0.367. The van der Waals surface area contributed by atoms with Crippen LogP contribution in [0.2, 0.25) is 5.02 Å². The van der Waals surface area contributed by atoms with Crippen molar-refractivity contribution in [3.05, 3.63) is 28.3 Å². The molecule has 0 aliphatic rings.